The van der Waals surface area contributed by atoms with Crippen LogP contribution in [0.4, 0.5) is 5.69 Å². The zero-order valence-electron chi connectivity index (χ0n) is 23.6. The molecule has 0 radical (unpaired) electrons. The first-order chi connectivity index (χ1) is 20.7. The van der Waals surface area contributed by atoms with Crippen LogP contribution in [0.5, 0.6) is 11.5 Å². The largest absolute Gasteiger partial charge is 0.493 e. The molecule has 0 saturated heterocycles. The van der Waals surface area contributed by atoms with E-state index in [0.717, 1.165) is 11.3 Å². The van der Waals surface area contributed by atoms with E-state index in [0.29, 0.717) is 54.5 Å². The van der Waals surface area contributed by atoms with Crippen molar-refractivity contribution >= 4 is 45.0 Å². The molecule has 0 amide bonds. The summed E-state index contributed by atoms with van der Waals surface area (Å²) >= 11 is 4.73. The summed E-state index contributed by atoms with van der Waals surface area (Å²) in [4.78, 5) is 43.3. The van der Waals surface area contributed by atoms with E-state index in [-0.39, 0.29) is 23.6 Å². The highest BCUT2D eigenvalue weighted by atomic mass is 79.9. The summed E-state index contributed by atoms with van der Waals surface area (Å²) < 4.78 is 24.9. The molecule has 4 aromatic rings. The van der Waals surface area contributed by atoms with Crippen molar-refractivity contribution in [1.82, 2.24) is 4.57 Å². The van der Waals surface area contributed by atoms with Crippen molar-refractivity contribution in [3.8, 4) is 22.8 Å². The van der Waals surface area contributed by atoms with Crippen LogP contribution in [0, 0.1) is 10.1 Å². The predicted octanol–water partition coefficient (Wildman–Crippen LogP) is 5.14. The summed E-state index contributed by atoms with van der Waals surface area (Å²) in [7, 11) is 1.51. The van der Waals surface area contributed by atoms with Gasteiger partial charge in [0.25, 0.3) is 11.2 Å². The third-order valence-corrected chi connectivity index (χ3v) is 8.33. The van der Waals surface area contributed by atoms with Crippen LogP contribution in [-0.4, -0.2) is 35.8 Å². The Balaban J connectivity index is 1.68. The number of carbonyl (C=O) groups is 1. The van der Waals surface area contributed by atoms with Crippen molar-refractivity contribution in [1.29, 1.82) is 0 Å². The number of nitro benzene ring substituents is 1. The number of rotatable bonds is 9. The molecule has 0 spiro atoms. The zero-order chi connectivity index (χ0) is 30.8. The van der Waals surface area contributed by atoms with E-state index in [9.17, 15) is 19.7 Å². The standard InChI is InChI=1S/C30H26BrN3O8S/c1-5-40-24-15-20(31)19(14-23(24)39-4)27-26(29(36)41-6-2)16(3)32-30-33(27)28(35)25(43-30)13-17-11-12-22(42-17)18-9-7-8-10-21(18)34(37)38/h7-15,27H,5-6H2,1-4H3/b25-13+/t27-/m1/s1. The lowest BCUT2D eigenvalue weighted by atomic mass is 9.95. The third kappa shape index (κ3) is 5.65. The van der Waals surface area contributed by atoms with Crippen LogP contribution in [0.1, 0.15) is 38.1 Å². The normalized spacial score (nSPS) is 14.7. The van der Waals surface area contributed by atoms with Gasteiger partial charge in [-0.25, -0.2) is 9.79 Å². The van der Waals surface area contributed by atoms with E-state index in [1.165, 1.54) is 17.7 Å². The minimum absolute atomic E-state index is 0.0962. The van der Waals surface area contributed by atoms with Crippen molar-refractivity contribution in [2.24, 2.45) is 4.99 Å². The maximum atomic E-state index is 14.0. The average molecular weight is 669 g/mol. The van der Waals surface area contributed by atoms with Gasteiger partial charge < -0.3 is 18.6 Å². The van der Waals surface area contributed by atoms with Crippen LogP contribution >= 0.6 is 27.3 Å². The first-order valence-electron chi connectivity index (χ1n) is 13.2. The number of fused-ring (bicyclic) bond motifs is 1. The summed E-state index contributed by atoms with van der Waals surface area (Å²) in [5.74, 6) is 0.940. The minimum atomic E-state index is -0.893. The molecular formula is C30H26BrN3O8S. The fourth-order valence-corrected chi connectivity index (χ4v) is 6.39. The van der Waals surface area contributed by atoms with Crippen LogP contribution in [0.2, 0.25) is 0 Å². The number of allylic oxidation sites excluding steroid dienone is 1. The van der Waals surface area contributed by atoms with Gasteiger partial charge >= 0.3 is 5.97 Å². The lowest BCUT2D eigenvalue weighted by Gasteiger charge is -2.26. The number of hydrogen-bond donors (Lipinski definition) is 0. The van der Waals surface area contributed by atoms with Crippen molar-refractivity contribution in [2.75, 3.05) is 20.3 Å². The van der Waals surface area contributed by atoms with Crippen LogP contribution in [0.3, 0.4) is 0 Å². The number of ether oxygens (including phenoxy) is 3. The maximum Gasteiger partial charge on any atom is 0.338 e. The molecule has 1 atom stereocenters. The van der Waals surface area contributed by atoms with Crippen molar-refractivity contribution in [3.63, 3.8) is 0 Å². The highest BCUT2D eigenvalue weighted by Gasteiger charge is 2.35. The van der Waals surface area contributed by atoms with E-state index in [1.807, 2.05) is 6.92 Å². The summed E-state index contributed by atoms with van der Waals surface area (Å²) in [6.07, 6.45) is 1.55. The number of esters is 1. The number of halogens is 1. The molecule has 2 aromatic heterocycles. The molecule has 0 unspecified atom stereocenters. The number of benzene rings is 2. The molecule has 11 nitrogen and oxygen atoms in total. The second-order valence-corrected chi connectivity index (χ2v) is 11.1. The number of methoxy groups -OCH3 is 1. The highest BCUT2D eigenvalue weighted by molar-refractivity contribution is 9.10. The van der Waals surface area contributed by atoms with E-state index < -0.39 is 22.5 Å². The van der Waals surface area contributed by atoms with Gasteiger partial charge in [0.1, 0.15) is 11.5 Å². The van der Waals surface area contributed by atoms with Crippen LogP contribution in [0.25, 0.3) is 17.4 Å². The van der Waals surface area contributed by atoms with Crippen molar-refractivity contribution in [2.45, 2.75) is 26.8 Å². The molecule has 3 heterocycles. The predicted molar refractivity (Wildman–Crippen MR) is 163 cm³/mol. The van der Waals surface area contributed by atoms with E-state index >= 15 is 0 Å². The van der Waals surface area contributed by atoms with Crippen LogP contribution in [0.15, 0.2) is 78.5 Å². The van der Waals surface area contributed by atoms with Gasteiger partial charge in [-0.2, -0.15) is 0 Å². The Hall–Kier alpha value is -4.49. The van der Waals surface area contributed by atoms with Crippen molar-refractivity contribution < 1.29 is 28.3 Å². The van der Waals surface area contributed by atoms with Gasteiger partial charge in [-0.1, -0.05) is 39.4 Å². The summed E-state index contributed by atoms with van der Waals surface area (Å²) in [5.41, 5.74) is 1.00. The van der Waals surface area contributed by atoms with Gasteiger partial charge in [-0.3, -0.25) is 19.5 Å². The average Bonchev–Trinajstić information content (AvgIpc) is 3.57. The monoisotopic (exact) mass is 667 g/mol. The Morgan fingerprint density at radius 3 is 2.65 bits per heavy atom. The molecule has 13 heteroatoms. The summed E-state index contributed by atoms with van der Waals surface area (Å²) in [6.45, 7) is 5.81. The number of nitrogens with zero attached hydrogens (tertiary/aromatic N) is 3. The minimum Gasteiger partial charge on any atom is -0.493 e. The fourth-order valence-electron chi connectivity index (χ4n) is 4.82. The van der Waals surface area contributed by atoms with Gasteiger partial charge in [0.15, 0.2) is 16.3 Å². The molecule has 0 aliphatic carbocycles. The van der Waals surface area contributed by atoms with Crippen LogP contribution < -0.4 is 24.4 Å². The molecule has 43 heavy (non-hydrogen) atoms. The number of hydrogen-bond acceptors (Lipinski definition) is 10. The molecule has 2 aromatic carbocycles. The molecule has 0 saturated carbocycles. The smallest absolute Gasteiger partial charge is 0.338 e. The lowest BCUT2D eigenvalue weighted by Crippen LogP contribution is -2.40. The van der Waals surface area contributed by atoms with Gasteiger partial charge in [-0.15, -0.1) is 0 Å². The quantitative estimate of drug-likeness (QED) is 0.136. The summed E-state index contributed by atoms with van der Waals surface area (Å²) in [6, 6.07) is 12.1. The fraction of sp³-hybridized carbons (Fsp3) is 0.233. The highest BCUT2D eigenvalue weighted by Crippen LogP contribution is 2.41. The third-order valence-electron chi connectivity index (χ3n) is 6.66. The molecule has 1 aliphatic heterocycles. The Labute approximate surface area is 257 Å². The number of nitro groups is 1. The molecule has 5 rings (SSSR count). The number of thiazole rings is 1. The van der Waals surface area contributed by atoms with Gasteiger partial charge in [0.2, 0.25) is 0 Å². The Bertz CT molecular complexity index is 1960. The number of aromatic nitrogens is 1. The SMILES string of the molecule is CCOC(=O)C1=C(C)N=c2s/c(=C/c3ccc(-c4ccccc4[N+](=O)[O-])o3)c(=O)n2[C@@H]1c1cc(OC)c(OCC)cc1Br. The van der Waals surface area contributed by atoms with Gasteiger partial charge in [0, 0.05) is 16.6 Å². The number of para-hydroxylation sites is 1. The maximum absolute atomic E-state index is 14.0. The molecule has 0 N–H and O–H groups in total. The first kappa shape index (κ1) is 30.0. The topological polar surface area (TPSA) is 135 Å². The van der Waals surface area contributed by atoms with E-state index in [1.54, 1.807) is 62.4 Å². The van der Waals surface area contributed by atoms with Gasteiger partial charge in [-0.05, 0) is 56.7 Å². The lowest BCUT2D eigenvalue weighted by molar-refractivity contribution is -0.384. The molecule has 222 valence electrons. The Kier molecular flexibility index (Phi) is 8.64. The Morgan fingerprint density at radius 1 is 1.19 bits per heavy atom. The second kappa shape index (κ2) is 12.4. The van der Waals surface area contributed by atoms with E-state index in [2.05, 4.69) is 20.9 Å². The number of furan rings is 1. The summed E-state index contributed by atoms with van der Waals surface area (Å²) in [5, 5.41) is 11.5. The van der Waals surface area contributed by atoms with Crippen LogP contribution in [-0.2, 0) is 9.53 Å². The molecule has 0 fully saturated rings. The molecular weight excluding hydrogens is 642 g/mol. The van der Waals surface area contributed by atoms with Crippen molar-refractivity contribution in [3.05, 3.63) is 105 Å². The van der Waals surface area contributed by atoms with Gasteiger partial charge in [0.05, 0.1) is 52.7 Å². The Morgan fingerprint density at radius 2 is 1.95 bits per heavy atom. The second-order valence-electron chi connectivity index (χ2n) is 9.24. The number of carbonyl (C=O) groups excluding carboxylic acids is 1. The van der Waals surface area contributed by atoms with E-state index in [4.69, 9.17) is 18.6 Å². The first-order valence-corrected chi connectivity index (χ1v) is 14.8. The zero-order valence-corrected chi connectivity index (χ0v) is 26.0. The molecule has 1 aliphatic rings. The molecule has 0 bridgehead atoms.